The SMILES string of the molecule is O=C(Cn1ccccc1=O)N1CCNCC1. The van der Waals surface area contributed by atoms with Crippen LogP contribution in [0.4, 0.5) is 0 Å². The first kappa shape index (κ1) is 10.9. The number of carbonyl (C=O) groups is 1. The molecule has 2 heterocycles. The van der Waals surface area contributed by atoms with Crippen LogP contribution >= 0.6 is 0 Å². The lowest BCUT2D eigenvalue weighted by Gasteiger charge is -2.27. The Labute approximate surface area is 93.7 Å². The highest BCUT2D eigenvalue weighted by atomic mass is 16.2. The summed E-state index contributed by atoms with van der Waals surface area (Å²) in [5.74, 6) is 0.00907. The van der Waals surface area contributed by atoms with Gasteiger partial charge in [-0.25, -0.2) is 0 Å². The maximum Gasteiger partial charge on any atom is 0.250 e. The zero-order chi connectivity index (χ0) is 11.4. The summed E-state index contributed by atoms with van der Waals surface area (Å²) in [6, 6.07) is 4.89. The zero-order valence-corrected chi connectivity index (χ0v) is 9.06. The first-order valence-corrected chi connectivity index (χ1v) is 5.41. The number of amides is 1. The number of nitrogens with zero attached hydrogens (tertiary/aromatic N) is 2. The molecule has 0 aliphatic carbocycles. The van der Waals surface area contributed by atoms with Gasteiger partial charge in [0.05, 0.1) is 0 Å². The molecule has 2 rings (SSSR count). The van der Waals surface area contributed by atoms with Gasteiger partial charge in [0.25, 0.3) is 5.56 Å². The zero-order valence-electron chi connectivity index (χ0n) is 9.06. The van der Waals surface area contributed by atoms with E-state index in [2.05, 4.69) is 5.32 Å². The fourth-order valence-electron chi connectivity index (χ4n) is 1.75. The molecule has 0 atom stereocenters. The average Bonchev–Trinajstić information content (AvgIpc) is 2.33. The molecule has 5 nitrogen and oxygen atoms in total. The van der Waals surface area contributed by atoms with Crippen molar-refractivity contribution in [1.82, 2.24) is 14.8 Å². The number of carbonyl (C=O) groups excluding carboxylic acids is 1. The van der Waals surface area contributed by atoms with Crippen molar-refractivity contribution >= 4 is 5.91 Å². The van der Waals surface area contributed by atoms with Crippen molar-refractivity contribution in [2.45, 2.75) is 6.54 Å². The Morgan fingerprint density at radius 1 is 1.31 bits per heavy atom. The third-order valence-electron chi connectivity index (χ3n) is 2.67. The number of aromatic nitrogens is 1. The van der Waals surface area contributed by atoms with Gasteiger partial charge in [0, 0.05) is 38.4 Å². The number of rotatable bonds is 2. The predicted octanol–water partition coefficient (Wildman–Crippen LogP) is -0.720. The lowest BCUT2D eigenvalue weighted by Crippen LogP contribution is -2.48. The van der Waals surface area contributed by atoms with E-state index >= 15 is 0 Å². The van der Waals surface area contributed by atoms with Crippen molar-refractivity contribution < 1.29 is 4.79 Å². The van der Waals surface area contributed by atoms with Crippen LogP contribution in [0.25, 0.3) is 0 Å². The Hall–Kier alpha value is -1.62. The number of nitrogens with one attached hydrogen (secondary N) is 1. The van der Waals surface area contributed by atoms with Crippen molar-refractivity contribution in [3.63, 3.8) is 0 Å². The largest absolute Gasteiger partial charge is 0.339 e. The number of hydrogen-bond donors (Lipinski definition) is 1. The normalized spacial score (nSPS) is 16.1. The second-order valence-electron chi connectivity index (χ2n) is 3.80. The minimum Gasteiger partial charge on any atom is -0.339 e. The molecule has 1 aromatic heterocycles. The molecular formula is C11H15N3O2. The van der Waals surface area contributed by atoms with Gasteiger partial charge in [0.15, 0.2) is 0 Å². The Bertz CT molecular complexity index is 421. The quantitative estimate of drug-likeness (QED) is 0.717. The number of piperazine rings is 1. The van der Waals surface area contributed by atoms with Crippen LogP contribution in [-0.2, 0) is 11.3 Å². The minimum atomic E-state index is -0.133. The number of pyridine rings is 1. The summed E-state index contributed by atoms with van der Waals surface area (Å²) in [5.41, 5.74) is -0.133. The molecular weight excluding hydrogens is 206 g/mol. The van der Waals surface area contributed by atoms with Gasteiger partial charge in [-0.05, 0) is 6.07 Å². The second kappa shape index (κ2) is 4.94. The highest BCUT2D eigenvalue weighted by Gasteiger charge is 2.16. The summed E-state index contributed by atoms with van der Waals surface area (Å²) in [6.07, 6.45) is 1.64. The molecule has 1 fully saturated rings. The van der Waals surface area contributed by atoms with Crippen molar-refractivity contribution in [2.24, 2.45) is 0 Å². The third kappa shape index (κ3) is 2.49. The second-order valence-corrected chi connectivity index (χ2v) is 3.80. The molecule has 1 N–H and O–H groups in total. The fourth-order valence-corrected chi connectivity index (χ4v) is 1.75. The van der Waals surface area contributed by atoms with E-state index in [9.17, 15) is 9.59 Å². The van der Waals surface area contributed by atoms with E-state index in [0.717, 1.165) is 26.2 Å². The van der Waals surface area contributed by atoms with Crippen molar-refractivity contribution in [3.05, 3.63) is 34.7 Å². The fraction of sp³-hybridized carbons (Fsp3) is 0.455. The lowest BCUT2D eigenvalue weighted by molar-refractivity contribution is -0.132. The molecule has 0 unspecified atom stereocenters. The van der Waals surface area contributed by atoms with E-state index in [1.54, 1.807) is 23.2 Å². The van der Waals surface area contributed by atoms with Gasteiger partial charge in [-0.2, -0.15) is 0 Å². The van der Waals surface area contributed by atoms with E-state index in [-0.39, 0.29) is 18.0 Å². The first-order chi connectivity index (χ1) is 7.77. The molecule has 0 spiro atoms. The van der Waals surface area contributed by atoms with Crippen LogP contribution < -0.4 is 10.9 Å². The smallest absolute Gasteiger partial charge is 0.250 e. The van der Waals surface area contributed by atoms with Gasteiger partial charge in [0.2, 0.25) is 5.91 Å². The van der Waals surface area contributed by atoms with Gasteiger partial charge in [0.1, 0.15) is 6.54 Å². The van der Waals surface area contributed by atoms with Crippen LogP contribution in [0.5, 0.6) is 0 Å². The van der Waals surface area contributed by atoms with Gasteiger partial charge in [-0.15, -0.1) is 0 Å². The van der Waals surface area contributed by atoms with Crippen LogP contribution in [0.1, 0.15) is 0 Å². The topological polar surface area (TPSA) is 54.3 Å². The van der Waals surface area contributed by atoms with E-state index in [1.807, 2.05) is 0 Å². The van der Waals surface area contributed by atoms with Gasteiger partial charge < -0.3 is 14.8 Å². The molecule has 16 heavy (non-hydrogen) atoms. The summed E-state index contributed by atoms with van der Waals surface area (Å²) < 4.78 is 1.43. The molecule has 0 aromatic carbocycles. The molecule has 0 saturated carbocycles. The first-order valence-electron chi connectivity index (χ1n) is 5.41. The van der Waals surface area contributed by atoms with E-state index < -0.39 is 0 Å². The van der Waals surface area contributed by atoms with Gasteiger partial charge in [-0.3, -0.25) is 9.59 Å². The molecule has 1 aliphatic heterocycles. The van der Waals surface area contributed by atoms with E-state index in [1.165, 1.54) is 10.6 Å². The number of hydrogen-bond acceptors (Lipinski definition) is 3. The Morgan fingerprint density at radius 2 is 2.06 bits per heavy atom. The monoisotopic (exact) mass is 221 g/mol. The van der Waals surface area contributed by atoms with Gasteiger partial charge >= 0.3 is 0 Å². The molecule has 1 saturated heterocycles. The molecule has 86 valence electrons. The van der Waals surface area contributed by atoms with Gasteiger partial charge in [-0.1, -0.05) is 6.07 Å². The Morgan fingerprint density at radius 3 is 2.75 bits per heavy atom. The van der Waals surface area contributed by atoms with E-state index in [0.29, 0.717) is 0 Å². The highest BCUT2D eigenvalue weighted by Crippen LogP contribution is 1.95. The molecule has 1 aliphatic rings. The van der Waals surface area contributed by atoms with E-state index in [4.69, 9.17) is 0 Å². The molecule has 0 radical (unpaired) electrons. The molecule has 1 aromatic rings. The van der Waals surface area contributed by atoms with Crippen molar-refractivity contribution in [1.29, 1.82) is 0 Å². The molecule has 5 heteroatoms. The molecule has 0 bridgehead atoms. The predicted molar refractivity (Wildman–Crippen MR) is 60.2 cm³/mol. The van der Waals surface area contributed by atoms with Crippen molar-refractivity contribution in [2.75, 3.05) is 26.2 Å². The van der Waals surface area contributed by atoms with Crippen LogP contribution in [-0.4, -0.2) is 41.6 Å². The summed E-state index contributed by atoms with van der Waals surface area (Å²) in [5, 5.41) is 3.18. The average molecular weight is 221 g/mol. The standard InChI is InChI=1S/C11H15N3O2/c15-10-3-1-2-6-14(10)9-11(16)13-7-4-12-5-8-13/h1-3,6,12H,4-5,7-9H2. The summed E-state index contributed by atoms with van der Waals surface area (Å²) in [7, 11) is 0. The Kier molecular flexibility index (Phi) is 3.36. The van der Waals surface area contributed by atoms with Crippen LogP contribution in [0.15, 0.2) is 29.2 Å². The maximum absolute atomic E-state index is 11.9. The summed E-state index contributed by atoms with van der Waals surface area (Å²) >= 11 is 0. The lowest BCUT2D eigenvalue weighted by atomic mass is 10.3. The highest BCUT2D eigenvalue weighted by molar-refractivity contribution is 5.76. The third-order valence-corrected chi connectivity index (χ3v) is 2.67. The summed E-state index contributed by atoms with van der Waals surface area (Å²) in [4.78, 5) is 25.1. The van der Waals surface area contributed by atoms with Crippen LogP contribution in [0.3, 0.4) is 0 Å². The summed E-state index contributed by atoms with van der Waals surface area (Å²) in [6.45, 7) is 3.24. The van der Waals surface area contributed by atoms with Crippen molar-refractivity contribution in [3.8, 4) is 0 Å². The Balaban J connectivity index is 2.01. The van der Waals surface area contributed by atoms with Crippen LogP contribution in [0.2, 0.25) is 0 Å². The maximum atomic E-state index is 11.9. The molecule has 1 amide bonds. The minimum absolute atomic E-state index is 0.00907. The van der Waals surface area contributed by atoms with Crippen LogP contribution in [0, 0.1) is 0 Å².